The van der Waals surface area contributed by atoms with Gasteiger partial charge < -0.3 is 15.5 Å². The third kappa shape index (κ3) is 6.85. The smallest absolute Gasteiger partial charge is 0.341 e. The standard InChI is InChI=1S/C12H9N5O.C11H15F3N2O2.C3H6/c1-3-9-12-8(10(4-13)15-7-18)5-14-6-11(12)17(2)16-9;1-10(2)6-4-16(5-7(6)10)8(17)3-15-9(18)11(12,13)14;1-2-3-1/h1,5-7,10H,2H3,(H,15,18);6-7H,3-5H2,1-2H3,(H,15,18);1-3H2/t;6-,7+;. The highest BCUT2D eigenvalue weighted by Gasteiger charge is 2.62. The normalized spacial score (nSPS) is 20.5. The Morgan fingerprint density at radius 1 is 1.26 bits per heavy atom. The lowest BCUT2D eigenvalue weighted by atomic mass is 10.0. The zero-order valence-corrected chi connectivity index (χ0v) is 21.9. The Morgan fingerprint density at radius 2 is 1.87 bits per heavy atom. The van der Waals surface area contributed by atoms with Crippen molar-refractivity contribution in [3.8, 4) is 18.4 Å². The lowest BCUT2D eigenvalue weighted by molar-refractivity contribution is -0.174. The molecule has 1 unspecified atom stereocenters. The van der Waals surface area contributed by atoms with Gasteiger partial charge in [-0.3, -0.25) is 24.0 Å². The van der Waals surface area contributed by atoms with Crippen LogP contribution in [-0.4, -0.2) is 63.7 Å². The van der Waals surface area contributed by atoms with Gasteiger partial charge in [-0.05, 0) is 23.2 Å². The van der Waals surface area contributed by atoms with E-state index in [4.69, 9.17) is 11.7 Å². The summed E-state index contributed by atoms with van der Waals surface area (Å²) < 4.78 is 37.3. The summed E-state index contributed by atoms with van der Waals surface area (Å²) in [6, 6.07) is 1.19. The number of piperidine rings is 1. The van der Waals surface area contributed by atoms with Gasteiger partial charge >= 0.3 is 12.1 Å². The van der Waals surface area contributed by atoms with E-state index < -0.39 is 30.6 Å². The largest absolute Gasteiger partial charge is 0.471 e. The maximum atomic E-state index is 11.9. The number of terminal acetylenes is 1. The fourth-order valence-corrected chi connectivity index (χ4v) is 4.51. The molecule has 5 rings (SSSR count). The second kappa shape index (κ2) is 11.7. The molecule has 208 valence electrons. The van der Waals surface area contributed by atoms with E-state index in [2.05, 4.69) is 35.2 Å². The molecular weight excluding hydrogens is 515 g/mol. The van der Waals surface area contributed by atoms with E-state index in [9.17, 15) is 27.6 Å². The van der Waals surface area contributed by atoms with Crippen molar-refractivity contribution in [3.63, 3.8) is 0 Å². The van der Waals surface area contributed by atoms with Gasteiger partial charge in [0, 0.05) is 37.3 Å². The Balaban J connectivity index is 0.000000194. The minimum absolute atomic E-state index is 0.242. The number of aryl methyl sites for hydroxylation is 1. The third-order valence-electron chi connectivity index (χ3n) is 7.09. The van der Waals surface area contributed by atoms with Crippen molar-refractivity contribution < 1.29 is 27.6 Å². The molecule has 0 radical (unpaired) electrons. The molecule has 0 bridgehead atoms. The molecule has 3 heterocycles. The van der Waals surface area contributed by atoms with Crippen molar-refractivity contribution in [1.82, 2.24) is 30.3 Å². The number of carbonyl (C=O) groups excluding carboxylic acids is 3. The molecule has 2 aromatic heterocycles. The quantitative estimate of drug-likeness (QED) is 0.437. The topological polar surface area (TPSA) is 133 Å². The van der Waals surface area contributed by atoms with Gasteiger partial charge in [-0.25, -0.2) is 0 Å². The molecule has 2 aliphatic carbocycles. The van der Waals surface area contributed by atoms with Gasteiger partial charge in [-0.2, -0.15) is 23.5 Å². The van der Waals surface area contributed by atoms with E-state index in [1.807, 2.05) is 6.07 Å². The van der Waals surface area contributed by atoms with Crippen LogP contribution in [0.25, 0.3) is 10.9 Å². The number of nitrogens with one attached hydrogen (secondary N) is 2. The number of alkyl halides is 3. The minimum Gasteiger partial charge on any atom is -0.341 e. The third-order valence-corrected chi connectivity index (χ3v) is 7.09. The summed E-state index contributed by atoms with van der Waals surface area (Å²) >= 11 is 0. The lowest BCUT2D eigenvalue weighted by Crippen LogP contribution is -2.44. The van der Waals surface area contributed by atoms with E-state index in [1.54, 1.807) is 23.2 Å². The van der Waals surface area contributed by atoms with Crippen LogP contribution < -0.4 is 10.6 Å². The number of carbonyl (C=O) groups is 3. The second-order valence-corrected chi connectivity index (χ2v) is 10.2. The van der Waals surface area contributed by atoms with E-state index in [1.165, 1.54) is 30.4 Å². The van der Waals surface area contributed by atoms with Crippen molar-refractivity contribution in [1.29, 1.82) is 5.26 Å². The molecule has 1 aliphatic heterocycles. The molecule has 2 N–H and O–H groups in total. The molecule has 0 spiro atoms. The number of nitriles is 1. The van der Waals surface area contributed by atoms with Crippen LogP contribution in [0.4, 0.5) is 13.2 Å². The van der Waals surface area contributed by atoms with Gasteiger partial charge in [-0.15, -0.1) is 6.42 Å². The highest BCUT2D eigenvalue weighted by atomic mass is 19.4. The number of pyridine rings is 1. The first kappa shape index (κ1) is 29.4. The summed E-state index contributed by atoms with van der Waals surface area (Å²) in [7, 11) is 1.74. The average Bonchev–Trinajstić information content (AvgIpc) is 3.76. The number of fused-ring (bicyclic) bond motifs is 2. The van der Waals surface area contributed by atoms with Crippen LogP contribution in [0.3, 0.4) is 0 Å². The molecular formula is C26H30F3N7O3. The fourth-order valence-electron chi connectivity index (χ4n) is 4.51. The van der Waals surface area contributed by atoms with Crippen LogP contribution in [0.1, 0.15) is 50.4 Å². The predicted molar refractivity (Wildman–Crippen MR) is 134 cm³/mol. The van der Waals surface area contributed by atoms with Crippen LogP contribution in [0.2, 0.25) is 0 Å². The summed E-state index contributed by atoms with van der Waals surface area (Å²) in [5, 5.41) is 17.9. The molecule has 1 saturated heterocycles. The zero-order valence-electron chi connectivity index (χ0n) is 21.9. The SMILES string of the molecule is C#Cc1nn(C)c2cncc(C(C#N)NC=O)c12.C1CC1.CC1(C)[C@@H]2CN(C(=O)CNC(=O)C(F)(F)F)C[C@@H]21. The number of halogens is 3. The van der Waals surface area contributed by atoms with Gasteiger partial charge in [0.25, 0.3) is 0 Å². The number of likely N-dealkylation sites (tertiary alicyclic amines) is 1. The number of rotatable bonds is 5. The molecule has 3 aliphatic rings. The predicted octanol–water partition coefficient (Wildman–Crippen LogP) is 2.21. The Labute approximate surface area is 223 Å². The number of amides is 3. The number of aromatic nitrogens is 3. The van der Waals surface area contributed by atoms with E-state index in [-0.39, 0.29) is 5.41 Å². The van der Waals surface area contributed by atoms with Crippen molar-refractivity contribution in [3.05, 3.63) is 23.7 Å². The minimum atomic E-state index is -4.94. The van der Waals surface area contributed by atoms with Gasteiger partial charge in [-0.1, -0.05) is 33.1 Å². The van der Waals surface area contributed by atoms with Crippen LogP contribution in [0.5, 0.6) is 0 Å². The van der Waals surface area contributed by atoms with E-state index >= 15 is 0 Å². The Kier molecular flexibility index (Phi) is 8.85. The fraction of sp³-hybridized carbons (Fsp3) is 0.538. The lowest BCUT2D eigenvalue weighted by Gasteiger charge is -2.22. The second-order valence-electron chi connectivity index (χ2n) is 10.2. The summed E-state index contributed by atoms with van der Waals surface area (Å²) in [4.78, 5) is 38.2. The van der Waals surface area contributed by atoms with Gasteiger partial charge in [0.1, 0.15) is 11.7 Å². The monoisotopic (exact) mass is 545 g/mol. The van der Waals surface area contributed by atoms with E-state index in [0.717, 1.165) is 0 Å². The first-order valence-corrected chi connectivity index (χ1v) is 12.4. The Morgan fingerprint density at radius 3 is 2.36 bits per heavy atom. The number of nitrogens with zero attached hydrogens (tertiary/aromatic N) is 5. The average molecular weight is 546 g/mol. The molecule has 0 aromatic carbocycles. The highest BCUT2D eigenvalue weighted by Crippen LogP contribution is 2.61. The molecule has 3 atom stereocenters. The van der Waals surface area contributed by atoms with Crippen LogP contribution in [-0.2, 0) is 21.4 Å². The number of hydrogen-bond acceptors (Lipinski definition) is 6. The Bertz CT molecular complexity index is 1300. The van der Waals surface area contributed by atoms with Crippen LogP contribution in [0.15, 0.2) is 12.4 Å². The zero-order chi connectivity index (χ0) is 29.0. The van der Waals surface area contributed by atoms with Gasteiger partial charge in [0.2, 0.25) is 12.3 Å². The van der Waals surface area contributed by atoms with Gasteiger partial charge in [0.15, 0.2) is 0 Å². The maximum Gasteiger partial charge on any atom is 0.471 e. The molecule has 39 heavy (non-hydrogen) atoms. The highest BCUT2D eigenvalue weighted by molar-refractivity contribution is 5.88. The first-order valence-electron chi connectivity index (χ1n) is 12.4. The Hall–Kier alpha value is -4.13. The van der Waals surface area contributed by atoms with Crippen molar-refractivity contribution >= 4 is 29.1 Å². The molecule has 10 nitrogen and oxygen atoms in total. The van der Waals surface area contributed by atoms with Crippen LogP contribution >= 0.6 is 0 Å². The van der Waals surface area contributed by atoms with Crippen molar-refractivity contribution in [2.75, 3.05) is 19.6 Å². The summed E-state index contributed by atoms with van der Waals surface area (Å²) in [6.45, 7) is 4.82. The summed E-state index contributed by atoms with van der Waals surface area (Å²) in [6.07, 6.45) is 8.55. The van der Waals surface area contributed by atoms with Crippen LogP contribution in [0, 0.1) is 40.9 Å². The summed E-state index contributed by atoms with van der Waals surface area (Å²) in [5.74, 6) is 0.838. The first-order chi connectivity index (χ1) is 18.4. The molecule has 2 aromatic rings. The molecule has 13 heteroatoms. The van der Waals surface area contributed by atoms with Crippen molar-refractivity contribution in [2.45, 2.75) is 45.3 Å². The summed E-state index contributed by atoms with van der Waals surface area (Å²) in [5.41, 5.74) is 1.93. The van der Waals surface area contributed by atoms with Crippen molar-refractivity contribution in [2.24, 2.45) is 24.3 Å². The maximum absolute atomic E-state index is 11.9. The molecule has 2 saturated carbocycles. The molecule has 3 amide bonds. The van der Waals surface area contributed by atoms with Gasteiger partial charge in [0.05, 0.1) is 24.3 Å². The van der Waals surface area contributed by atoms with E-state index in [0.29, 0.717) is 53.5 Å². The molecule has 3 fully saturated rings. The number of hydrogen-bond donors (Lipinski definition) is 2.